The fraction of sp³-hybridized carbons (Fsp3) is 0.615. The van der Waals surface area contributed by atoms with E-state index in [1.54, 1.807) is 18.2 Å². The van der Waals surface area contributed by atoms with Gasteiger partial charge in [0.1, 0.15) is 0 Å². The fourth-order valence-electron chi connectivity index (χ4n) is 2.39. The van der Waals surface area contributed by atoms with Gasteiger partial charge < -0.3 is 5.11 Å². The zero-order valence-electron chi connectivity index (χ0n) is 9.90. The van der Waals surface area contributed by atoms with E-state index < -0.39 is 6.10 Å². The molecule has 0 spiro atoms. The van der Waals surface area contributed by atoms with E-state index >= 15 is 0 Å². The van der Waals surface area contributed by atoms with Crippen LogP contribution < -0.4 is 0 Å². The molecular weight excluding hydrogens is 188 g/mol. The number of ketones is 1. The van der Waals surface area contributed by atoms with E-state index in [1.165, 1.54) is 0 Å². The van der Waals surface area contributed by atoms with Gasteiger partial charge in [0.15, 0.2) is 5.78 Å². The molecule has 0 amide bonds. The number of aliphatic hydroxyl groups is 1. The third-order valence-electron chi connectivity index (χ3n) is 3.23. The van der Waals surface area contributed by atoms with Gasteiger partial charge in [0.05, 0.1) is 6.10 Å². The highest BCUT2D eigenvalue weighted by Gasteiger charge is 2.41. The van der Waals surface area contributed by atoms with Crippen molar-refractivity contribution in [3.8, 4) is 0 Å². The fourth-order valence-corrected chi connectivity index (χ4v) is 2.39. The summed E-state index contributed by atoms with van der Waals surface area (Å²) in [4.78, 5) is 11.9. The molecule has 0 bridgehead atoms. The summed E-state index contributed by atoms with van der Waals surface area (Å²) in [6, 6.07) is 0. The maximum absolute atomic E-state index is 11.9. The molecule has 0 aromatic heterocycles. The van der Waals surface area contributed by atoms with Crippen LogP contribution in [0.3, 0.4) is 0 Å². The van der Waals surface area contributed by atoms with Crippen LogP contribution in [0.25, 0.3) is 0 Å². The summed E-state index contributed by atoms with van der Waals surface area (Å²) >= 11 is 0. The molecule has 0 aromatic carbocycles. The van der Waals surface area contributed by atoms with Crippen LogP contribution in [0.2, 0.25) is 0 Å². The number of aliphatic hydroxyl groups excluding tert-OH is 1. The second kappa shape index (κ2) is 4.31. The van der Waals surface area contributed by atoms with Crippen molar-refractivity contribution in [3.63, 3.8) is 0 Å². The molecule has 0 saturated heterocycles. The SMILES string of the molecule is CC=CC(=O)C1C(C)C(O)C=CC1(C)C. The Labute approximate surface area is 91.7 Å². The number of carbonyl (C=O) groups excluding carboxylic acids is 1. The largest absolute Gasteiger partial charge is 0.389 e. The smallest absolute Gasteiger partial charge is 0.159 e. The summed E-state index contributed by atoms with van der Waals surface area (Å²) in [6.45, 7) is 7.85. The Hall–Kier alpha value is -0.890. The molecule has 3 atom stereocenters. The molecule has 2 nitrogen and oxygen atoms in total. The molecule has 3 unspecified atom stereocenters. The number of hydrogen-bond donors (Lipinski definition) is 1. The normalized spacial score (nSPS) is 34.6. The lowest BCUT2D eigenvalue weighted by atomic mass is 9.65. The zero-order chi connectivity index (χ0) is 11.6. The molecule has 0 aromatic rings. The van der Waals surface area contributed by atoms with E-state index in [4.69, 9.17) is 0 Å². The molecule has 0 heterocycles. The monoisotopic (exact) mass is 208 g/mol. The first-order valence-electron chi connectivity index (χ1n) is 5.44. The molecule has 0 radical (unpaired) electrons. The van der Waals surface area contributed by atoms with Gasteiger partial charge in [0.2, 0.25) is 0 Å². The van der Waals surface area contributed by atoms with E-state index in [1.807, 2.05) is 33.8 Å². The summed E-state index contributed by atoms with van der Waals surface area (Å²) < 4.78 is 0. The first-order chi connectivity index (χ1) is 6.90. The Morgan fingerprint density at radius 2 is 2.07 bits per heavy atom. The Bertz CT molecular complexity index is 300. The minimum absolute atomic E-state index is 0.0197. The molecular formula is C13H20O2. The molecule has 1 rings (SSSR count). The number of carbonyl (C=O) groups is 1. The minimum atomic E-state index is -0.503. The maximum Gasteiger partial charge on any atom is 0.159 e. The molecule has 1 N–H and O–H groups in total. The van der Waals surface area contributed by atoms with Crippen molar-refractivity contribution in [1.29, 1.82) is 0 Å². The van der Waals surface area contributed by atoms with Gasteiger partial charge in [-0.15, -0.1) is 0 Å². The van der Waals surface area contributed by atoms with Crippen LogP contribution in [0, 0.1) is 17.3 Å². The highest BCUT2D eigenvalue weighted by molar-refractivity contribution is 5.92. The average molecular weight is 208 g/mol. The van der Waals surface area contributed by atoms with Gasteiger partial charge in [-0.25, -0.2) is 0 Å². The van der Waals surface area contributed by atoms with Crippen LogP contribution in [0.5, 0.6) is 0 Å². The van der Waals surface area contributed by atoms with Crippen molar-refractivity contribution in [2.45, 2.75) is 33.8 Å². The van der Waals surface area contributed by atoms with E-state index in [0.717, 1.165) is 0 Å². The van der Waals surface area contributed by atoms with Gasteiger partial charge in [0.25, 0.3) is 0 Å². The highest BCUT2D eigenvalue weighted by atomic mass is 16.3. The van der Waals surface area contributed by atoms with Gasteiger partial charge in [-0.1, -0.05) is 39.0 Å². The van der Waals surface area contributed by atoms with Crippen molar-refractivity contribution in [2.24, 2.45) is 17.3 Å². The lowest BCUT2D eigenvalue weighted by Crippen LogP contribution is -2.41. The Morgan fingerprint density at radius 1 is 1.47 bits per heavy atom. The lowest BCUT2D eigenvalue weighted by molar-refractivity contribution is -0.124. The molecule has 1 aliphatic carbocycles. The van der Waals surface area contributed by atoms with Gasteiger partial charge in [-0.3, -0.25) is 4.79 Å². The highest BCUT2D eigenvalue weighted by Crippen LogP contribution is 2.40. The van der Waals surface area contributed by atoms with Crippen molar-refractivity contribution < 1.29 is 9.90 Å². The van der Waals surface area contributed by atoms with Crippen molar-refractivity contribution >= 4 is 5.78 Å². The molecule has 1 aliphatic rings. The molecule has 0 aliphatic heterocycles. The van der Waals surface area contributed by atoms with Crippen LogP contribution in [-0.4, -0.2) is 17.0 Å². The zero-order valence-corrected chi connectivity index (χ0v) is 9.90. The second-order valence-electron chi connectivity index (χ2n) is 4.91. The predicted molar refractivity (Wildman–Crippen MR) is 61.4 cm³/mol. The van der Waals surface area contributed by atoms with E-state index in [-0.39, 0.29) is 23.0 Å². The first-order valence-corrected chi connectivity index (χ1v) is 5.44. The first kappa shape index (κ1) is 12.2. The van der Waals surface area contributed by atoms with Crippen molar-refractivity contribution in [3.05, 3.63) is 24.3 Å². The summed E-state index contributed by atoms with van der Waals surface area (Å²) in [5.74, 6) is -0.0409. The van der Waals surface area contributed by atoms with Gasteiger partial charge in [-0.2, -0.15) is 0 Å². The van der Waals surface area contributed by atoms with Crippen LogP contribution in [0.1, 0.15) is 27.7 Å². The topological polar surface area (TPSA) is 37.3 Å². The predicted octanol–water partition coefficient (Wildman–Crippen LogP) is 2.34. The molecule has 2 heteroatoms. The van der Waals surface area contributed by atoms with Crippen LogP contribution >= 0.6 is 0 Å². The minimum Gasteiger partial charge on any atom is -0.389 e. The number of hydrogen-bond acceptors (Lipinski definition) is 2. The summed E-state index contributed by atoms with van der Waals surface area (Å²) in [5.41, 5.74) is -0.171. The quantitative estimate of drug-likeness (QED) is 0.558. The summed E-state index contributed by atoms with van der Waals surface area (Å²) in [7, 11) is 0. The van der Waals surface area contributed by atoms with Crippen LogP contribution in [0.15, 0.2) is 24.3 Å². The lowest BCUT2D eigenvalue weighted by Gasteiger charge is -2.39. The van der Waals surface area contributed by atoms with Crippen molar-refractivity contribution in [1.82, 2.24) is 0 Å². The van der Waals surface area contributed by atoms with Crippen LogP contribution in [-0.2, 0) is 4.79 Å². The molecule has 0 fully saturated rings. The molecule has 0 saturated carbocycles. The van der Waals surface area contributed by atoms with Crippen LogP contribution in [0.4, 0.5) is 0 Å². The van der Waals surface area contributed by atoms with Gasteiger partial charge >= 0.3 is 0 Å². The third kappa shape index (κ3) is 2.37. The molecule has 15 heavy (non-hydrogen) atoms. The Morgan fingerprint density at radius 3 is 2.60 bits per heavy atom. The van der Waals surface area contributed by atoms with Gasteiger partial charge in [0, 0.05) is 5.92 Å². The second-order valence-corrected chi connectivity index (χ2v) is 4.91. The molecule has 84 valence electrons. The maximum atomic E-state index is 11.9. The number of allylic oxidation sites excluding steroid dienone is 3. The Balaban J connectivity index is 3.02. The van der Waals surface area contributed by atoms with Gasteiger partial charge in [-0.05, 0) is 24.3 Å². The summed E-state index contributed by atoms with van der Waals surface area (Å²) in [5, 5.41) is 9.73. The Kier molecular flexibility index (Phi) is 3.50. The average Bonchev–Trinajstić information content (AvgIpc) is 2.12. The standard InChI is InChI=1S/C13H20O2/c1-5-6-11(15)12-9(2)10(14)7-8-13(12,3)4/h5-10,12,14H,1-4H3. The van der Waals surface area contributed by atoms with Crippen molar-refractivity contribution in [2.75, 3.05) is 0 Å². The van der Waals surface area contributed by atoms with E-state index in [0.29, 0.717) is 0 Å². The van der Waals surface area contributed by atoms with E-state index in [2.05, 4.69) is 0 Å². The number of rotatable bonds is 2. The third-order valence-corrected chi connectivity index (χ3v) is 3.23. The summed E-state index contributed by atoms with van der Waals surface area (Å²) in [6.07, 6.45) is 6.61. The van der Waals surface area contributed by atoms with E-state index in [9.17, 15) is 9.90 Å².